The standard InChI is InChI=1S/C21H25N3O2.ClH/c1-15(23-20(25)12-11-16-6-2-3-9-19(16)22)17-7-4-8-18(14-17)24-13-5-10-21(24)26;/h2-4,6-9,14-15H,5,10-13,22H2,1H3,(H,23,25);1H. The number of hydrogen-bond acceptors (Lipinski definition) is 3. The van der Waals surface area contributed by atoms with Gasteiger partial charge in [0.25, 0.3) is 0 Å². The highest BCUT2D eigenvalue weighted by atomic mass is 35.5. The fraction of sp³-hybridized carbons (Fsp3) is 0.333. The summed E-state index contributed by atoms with van der Waals surface area (Å²) in [5.74, 6) is 0.155. The first-order chi connectivity index (χ1) is 12.5. The quantitative estimate of drug-likeness (QED) is 0.743. The molecule has 0 aliphatic carbocycles. The van der Waals surface area contributed by atoms with E-state index in [1.54, 1.807) is 0 Å². The molecular weight excluding hydrogens is 362 g/mol. The minimum absolute atomic E-state index is 0. The number of halogens is 1. The van der Waals surface area contributed by atoms with Gasteiger partial charge in [0.15, 0.2) is 0 Å². The molecule has 1 fully saturated rings. The molecule has 144 valence electrons. The topological polar surface area (TPSA) is 75.4 Å². The van der Waals surface area contributed by atoms with Gasteiger partial charge < -0.3 is 16.0 Å². The molecule has 1 aliphatic heterocycles. The molecule has 3 N–H and O–H groups in total. The van der Waals surface area contributed by atoms with Crippen LogP contribution in [0, 0.1) is 0 Å². The first kappa shape index (κ1) is 20.8. The Hall–Kier alpha value is -2.53. The van der Waals surface area contributed by atoms with Gasteiger partial charge in [-0.05, 0) is 49.1 Å². The van der Waals surface area contributed by atoms with Crippen molar-refractivity contribution in [1.29, 1.82) is 0 Å². The summed E-state index contributed by atoms with van der Waals surface area (Å²) >= 11 is 0. The second-order valence-corrected chi connectivity index (χ2v) is 6.73. The average Bonchev–Trinajstić information content (AvgIpc) is 3.07. The summed E-state index contributed by atoms with van der Waals surface area (Å²) in [5, 5.41) is 3.03. The lowest BCUT2D eigenvalue weighted by Crippen LogP contribution is -2.27. The SMILES string of the molecule is CC(NC(=O)CCc1ccccc1N)c1cccc(N2CCCC2=O)c1.Cl. The number of benzene rings is 2. The Morgan fingerprint density at radius 3 is 2.70 bits per heavy atom. The van der Waals surface area contributed by atoms with Crippen molar-refractivity contribution in [1.82, 2.24) is 5.32 Å². The maximum absolute atomic E-state index is 12.3. The normalized spacial score (nSPS) is 14.6. The number of rotatable bonds is 6. The number of para-hydroxylation sites is 1. The van der Waals surface area contributed by atoms with Crippen LogP contribution in [0.5, 0.6) is 0 Å². The lowest BCUT2D eigenvalue weighted by molar-refractivity contribution is -0.121. The van der Waals surface area contributed by atoms with Crippen molar-refractivity contribution in [3.63, 3.8) is 0 Å². The molecule has 0 bridgehead atoms. The van der Waals surface area contributed by atoms with Crippen LogP contribution in [0.4, 0.5) is 11.4 Å². The molecule has 2 amide bonds. The third kappa shape index (κ3) is 5.23. The summed E-state index contributed by atoms with van der Waals surface area (Å²) in [5.41, 5.74) is 9.53. The van der Waals surface area contributed by atoms with Gasteiger partial charge in [-0.3, -0.25) is 9.59 Å². The molecule has 2 aromatic rings. The van der Waals surface area contributed by atoms with Gasteiger partial charge in [0.05, 0.1) is 6.04 Å². The Labute approximate surface area is 166 Å². The zero-order valence-corrected chi connectivity index (χ0v) is 16.3. The predicted octanol–water partition coefficient (Wildman–Crippen LogP) is 3.63. The molecule has 0 saturated carbocycles. The first-order valence-electron chi connectivity index (χ1n) is 9.07. The van der Waals surface area contributed by atoms with Gasteiger partial charge in [-0.2, -0.15) is 0 Å². The zero-order valence-electron chi connectivity index (χ0n) is 15.5. The summed E-state index contributed by atoms with van der Waals surface area (Å²) < 4.78 is 0. The Balaban J connectivity index is 0.00000261. The van der Waals surface area contributed by atoms with E-state index in [-0.39, 0.29) is 30.3 Å². The number of nitrogens with two attached hydrogens (primary N) is 1. The number of carbonyl (C=O) groups is 2. The zero-order chi connectivity index (χ0) is 18.5. The summed E-state index contributed by atoms with van der Waals surface area (Å²) in [6, 6.07) is 15.3. The van der Waals surface area contributed by atoms with E-state index < -0.39 is 0 Å². The predicted molar refractivity (Wildman–Crippen MR) is 111 cm³/mol. The van der Waals surface area contributed by atoms with E-state index in [1.165, 1.54) is 0 Å². The summed E-state index contributed by atoms with van der Waals surface area (Å²) in [4.78, 5) is 26.0. The van der Waals surface area contributed by atoms with Crippen LogP contribution in [0.25, 0.3) is 0 Å². The largest absolute Gasteiger partial charge is 0.399 e. The van der Waals surface area contributed by atoms with E-state index in [1.807, 2.05) is 60.4 Å². The summed E-state index contributed by atoms with van der Waals surface area (Å²) in [6.07, 6.45) is 2.52. The van der Waals surface area contributed by atoms with Crippen molar-refractivity contribution < 1.29 is 9.59 Å². The second kappa shape index (κ2) is 9.42. The molecule has 3 rings (SSSR count). The van der Waals surface area contributed by atoms with Crippen LogP contribution < -0.4 is 16.0 Å². The maximum Gasteiger partial charge on any atom is 0.227 e. The van der Waals surface area contributed by atoms with Crippen LogP contribution in [-0.2, 0) is 16.0 Å². The molecule has 1 unspecified atom stereocenters. The molecule has 5 nitrogen and oxygen atoms in total. The third-order valence-electron chi connectivity index (χ3n) is 4.81. The molecule has 1 heterocycles. The van der Waals surface area contributed by atoms with Crippen molar-refractivity contribution in [3.8, 4) is 0 Å². The Kier molecular flexibility index (Phi) is 7.25. The maximum atomic E-state index is 12.3. The van der Waals surface area contributed by atoms with Gasteiger partial charge in [0.2, 0.25) is 11.8 Å². The van der Waals surface area contributed by atoms with Gasteiger partial charge in [0, 0.05) is 30.8 Å². The average molecular weight is 388 g/mol. The van der Waals surface area contributed by atoms with Gasteiger partial charge in [-0.1, -0.05) is 30.3 Å². The van der Waals surface area contributed by atoms with E-state index in [4.69, 9.17) is 5.73 Å². The molecule has 1 atom stereocenters. The second-order valence-electron chi connectivity index (χ2n) is 6.73. The number of aryl methyl sites for hydroxylation is 1. The van der Waals surface area contributed by atoms with Crippen LogP contribution in [0.3, 0.4) is 0 Å². The Morgan fingerprint density at radius 1 is 1.22 bits per heavy atom. The van der Waals surface area contributed by atoms with E-state index in [9.17, 15) is 9.59 Å². The lowest BCUT2D eigenvalue weighted by Gasteiger charge is -2.19. The molecule has 1 saturated heterocycles. The molecule has 1 aliphatic rings. The van der Waals surface area contributed by atoms with Crippen molar-refractivity contribution in [2.45, 2.75) is 38.6 Å². The van der Waals surface area contributed by atoms with Crippen molar-refractivity contribution in [2.75, 3.05) is 17.2 Å². The minimum Gasteiger partial charge on any atom is -0.399 e. The highest BCUT2D eigenvalue weighted by molar-refractivity contribution is 5.95. The van der Waals surface area contributed by atoms with Crippen LogP contribution in [0.2, 0.25) is 0 Å². The number of carbonyl (C=O) groups excluding carboxylic acids is 2. The Morgan fingerprint density at radius 2 is 2.00 bits per heavy atom. The first-order valence-corrected chi connectivity index (χ1v) is 9.07. The van der Waals surface area contributed by atoms with E-state index in [0.29, 0.717) is 19.3 Å². The summed E-state index contributed by atoms with van der Waals surface area (Å²) in [6.45, 7) is 2.72. The number of nitrogen functional groups attached to an aromatic ring is 1. The molecule has 2 aromatic carbocycles. The van der Waals surface area contributed by atoms with Crippen LogP contribution in [0.1, 0.15) is 43.4 Å². The van der Waals surface area contributed by atoms with Crippen LogP contribution in [0.15, 0.2) is 48.5 Å². The number of hydrogen-bond donors (Lipinski definition) is 2. The van der Waals surface area contributed by atoms with Crippen molar-refractivity contribution in [2.24, 2.45) is 0 Å². The highest BCUT2D eigenvalue weighted by Crippen LogP contribution is 2.25. The smallest absolute Gasteiger partial charge is 0.227 e. The van der Waals surface area contributed by atoms with E-state index in [2.05, 4.69) is 5.32 Å². The van der Waals surface area contributed by atoms with Crippen LogP contribution >= 0.6 is 12.4 Å². The third-order valence-corrected chi connectivity index (χ3v) is 4.81. The number of anilines is 2. The van der Waals surface area contributed by atoms with E-state index >= 15 is 0 Å². The molecule has 0 spiro atoms. The number of nitrogens with zero attached hydrogens (tertiary/aromatic N) is 1. The Bertz CT molecular complexity index is 810. The molecule has 27 heavy (non-hydrogen) atoms. The van der Waals surface area contributed by atoms with Gasteiger partial charge in [-0.15, -0.1) is 12.4 Å². The number of amides is 2. The fourth-order valence-electron chi connectivity index (χ4n) is 3.29. The monoisotopic (exact) mass is 387 g/mol. The highest BCUT2D eigenvalue weighted by Gasteiger charge is 2.22. The fourth-order valence-corrected chi connectivity index (χ4v) is 3.29. The van der Waals surface area contributed by atoms with E-state index in [0.717, 1.165) is 35.5 Å². The molecule has 6 heteroatoms. The molecule has 0 aromatic heterocycles. The van der Waals surface area contributed by atoms with Crippen molar-refractivity contribution in [3.05, 3.63) is 59.7 Å². The lowest BCUT2D eigenvalue weighted by atomic mass is 10.1. The van der Waals surface area contributed by atoms with Gasteiger partial charge in [0.1, 0.15) is 0 Å². The van der Waals surface area contributed by atoms with Crippen LogP contribution in [-0.4, -0.2) is 18.4 Å². The molecule has 0 radical (unpaired) electrons. The van der Waals surface area contributed by atoms with Gasteiger partial charge >= 0.3 is 0 Å². The summed E-state index contributed by atoms with van der Waals surface area (Å²) in [7, 11) is 0. The number of nitrogens with one attached hydrogen (secondary N) is 1. The minimum atomic E-state index is -0.117. The van der Waals surface area contributed by atoms with Crippen molar-refractivity contribution >= 4 is 35.6 Å². The van der Waals surface area contributed by atoms with Gasteiger partial charge in [-0.25, -0.2) is 0 Å². The molecular formula is C21H26ClN3O2.